The Kier molecular flexibility index (Phi) is 12.9. The van der Waals surface area contributed by atoms with Crippen molar-refractivity contribution in [3.05, 3.63) is 118 Å². The lowest BCUT2D eigenvalue weighted by molar-refractivity contribution is -0.0835. The molecule has 2 aromatic heterocycles. The summed E-state index contributed by atoms with van der Waals surface area (Å²) in [5, 5.41) is 6.91. The number of amides is 1. The molecule has 3 heterocycles. The molecule has 1 aliphatic rings. The Morgan fingerprint density at radius 2 is 1.60 bits per heavy atom. The number of aryl methyl sites for hydroxylation is 3. The van der Waals surface area contributed by atoms with Crippen LogP contribution in [0.2, 0.25) is 0 Å². The van der Waals surface area contributed by atoms with Gasteiger partial charge in [0.05, 0.1) is 58.2 Å². The molecule has 0 radical (unpaired) electrons. The van der Waals surface area contributed by atoms with Crippen LogP contribution in [0.25, 0.3) is 22.2 Å². The first-order valence-electron chi connectivity index (χ1n) is 18.9. The number of nitrogens with zero attached hydrogens (tertiary/aromatic N) is 5. The van der Waals surface area contributed by atoms with E-state index in [-0.39, 0.29) is 12.2 Å². The molecule has 1 unspecified atom stereocenters. The molecule has 0 fully saturated rings. The Morgan fingerprint density at radius 3 is 2.37 bits per heavy atom. The summed E-state index contributed by atoms with van der Waals surface area (Å²) in [4.78, 5) is 57.1. The third-order valence-electron chi connectivity index (χ3n) is 9.42. The molecular formula is C43H46N6O8. The van der Waals surface area contributed by atoms with Crippen molar-refractivity contribution in [2.24, 2.45) is 5.16 Å². The minimum absolute atomic E-state index is 0.145. The van der Waals surface area contributed by atoms with E-state index in [2.05, 4.69) is 25.4 Å². The van der Waals surface area contributed by atoms with Gasteiger partial charge in [0.15, 0.2) is 0 Å². The van der Waals surface area contributed by atoms with Crippen LogP contribution in [-0.2, 0) is 32.2 Å². The van der Waals surface area contributed by atoms with Crippen molar-refractivity contribution in [2.45, 2.75) is 86.7 Å². The second kappa shape index (κ2) is 18.4. The number of hydrogen-bond acceptors (Lipinski definition) is 12. The second-order valence-electron chi connectivity index (χ2n) is 13.6. The average molecular weight is 775 g/mol. The Morgan fingerprint density at radius 1 is 0.860 bits per heavy atom. The number of carbonyl (C=O) groups excluding carboxylic acids is 3. The van der Waals surface area contributed by atoms with Crippen LogP contribution in [0.5, 0.6) is 6.01 Å². The fraction of sp³-hybridized carbons (Fsp3) is 0.326. The molecule has 0 bridgehead atoms. The fourth-order valence-electron chi connectivity index (χ4n) is 6.41. The number of carbonyl (C=O) groups is 3. The summed E-state index contributed by atoms with van der Waals surface area (Å²) in [7, 11) is 0. The van der Waals surface area contributed by atoms with Crippen LogP contribution in [0.15, 0.2) is 83.7 Å². The first-order chi connectivity index (χ1) is 27.5. The number of aromatic nitrogens is 4. The summed E-state index contributed by atoms with van der Waals surface area (Å²) in [5.74, 6) is -0.722. The molecule has 296 valence electrons. The first kappa shape index (κ1) is 40.1. The van der Waals surface area contributed by atoms with Gasteiger partial charge in [-0.1, -0.05) is 65.3 Å². The molecule has 14 heteroatoms. The van der Waals surface area contributed by atoms with Crippen LogP contribution in [0, 0.1) is 20.8 Å². The van der Waals surface area contributed by atoms with Crippen molar-refractivity contribution >= 4 is 35.0 Å². The van der Waals surface area contributed by atoms with E-state index in [1.165, 1.54) is 6.92 Å². The zero-order valence-corrected chi connectivity index (χ0v) is 33.0. The highest BCUT2D eigenvalue weighted by molar-refractivity contribution is 6.06. The number of hydrogen-bond donors (Lipinski definition) is 1. The van der Waals surface area contributed by atoms with E-state index in [4.69, 9.17) is 23.8 Å². The van der Waals surface area contributed by atoms with Crippen molar-refractivity contribution in [2.75, 3.05) is 6.61 Å². The first-order valence-corrected chi connectivity index (χ1v) is 18.9. The number of nitrogens with one attached hydrogen (secondary N) is 1. The number of allylic oxidation sites excluding steroid dienone is 1. The van der Waals surface area contributed by atoms with E-state index in [1.807, 2.05) is 80.8 Å². The van der Waals surface area contributed by atoms with Gasteiger partial charge in [0, 0.05) is 18.7 Å². The number of benzene rings is 3. The highest BCUT2D eigenvalue weighted by Gasteiger charge is 2.24. The smallest absolute Gasteiger partial charge is 0.465 e. The number of para-hydroxylation sites is 1. The van der Waals surface area contributed by atoms with Crippen LogP contribution in [-0.4, -0.2) is 56.3 Å². The van der Waals surface area contributed by atoms with Crippen molar-refractivity contribution in [1.82, 2.24) is 24.8 Å². The Balaban J connectivity index is 1.19. The largest absolute Gasteiger partial charge is 0.511 e. The number of esters is 1. The van der Waals surface area contributed by atoms with Crippen molar-refractivity contribution in [3.8, 4) is 17.1 Å². The van der Waals surface area contributed by atoms with Gasteiger partial charge >= 0.3 is 18.2 Å². The molecule has 1 atom stereocenters. The van der Waals surface area contributed by atoms with Gasteiger partial charge in [0.2, 0.25) is 6.29 Å². The molecule has 1 N–H and O–H groups in total. The maximum absolute atomic E-state index is 13.6. The van der Waals surface area contributed by atoms with E-state index < -0.39 is 24.5 Å². The molecule has 14 nitrogen and oxygen atoms in total. The Bertz CT molecular complexity index is 2330. The normalized spacial score (nSPS) is 15.8. The lowest BCUT2D eigenvalue weighted by Crippen LogP contribution is -2.23. The van der Waals surface area contributed by atoms with Gasteiger partial charge in [0.25, 0.3) is 6.01 Å². The SMILES string of the molecule is CCOc1nc2cccc(C(=O)OC(C)OC(=O)OCc3nc(C)c(C)nc3C)c2n1Cc1ccc(-c2ccccc2/C2=N/OC(=O)N/C=C(/C)CCCC2)cc1. The number of ether oxygens (including phenoxy) is 4. The maximum atomic E-state index is 13.6. The summed E-state index contributed by atoms with van der Waals surface area (Å²) in [5.41, 5.74) is 9.35. The zero-order chi connectivity index (χ0) is 40.5. The van der Waals surface area contributed by atoms with Gasteiger partial charge in [-0.3, -0.25) is 24.7 Å². The predicted octanol–water partition coefficient (Wildman–Crippen LogP) is 8.63. The van der Waals surface area contributed by atoms with Crippen LogP contribution < -0.4 is 10.1 Å². The van der Waals surface area contributed by atoms with Gasteiger partial charge in [-0.05, 0) is 89.1 Å². The molecule has 0 aliphatic carbocycles. The molecule has 6 rings (SSSR count). The van der Waals surface area contributed by atoms with Crippen molar-refractivity contribution in [1.29, 1.82) is 0 Å². The second-order valence-corrected chi connectivity index (χ2v) is 13.6. The minimum Gasteiger partial charge on any atom is -0.465 e. The molecule has 57 heavy (non-hydrogen) atoms. The van der Waals surface area contributed by atoms with E-state index in [9.17, 15) is 14.4 Å². The van der Waals surface area contributed by atoms with E-state index in [0.29, 0.717) is 53.7 Å². The molecular weight excluding hydrogens is 729 g/mol. The Hall–Kier alpha value is -6.57. The van der Waals surface area contributed by atoms with Gasteiger partial charge in [-0.15, -0.1) is 0 Å². The van der Waals surface area contributed by atoms with E-state index >= 15 is 0 Å². The molecule has 1 aliphatic heterocycles. The maximum Gasteiger partial charge on any atom is 0.511 e. The summed E-state index contributed by atoms with van der Waals surface area (Å²) >= 11 is 0. The third kappa shape index (κ3) is 10.0. The average Bonchev–Trinajstić information content (AvgIpc) is 3.52. The summed E-state index contributed by atoms with van der Waals surface area (Å²) in [6.45, 7) is 11.2. The van der Waals surface area contributed by atoms with Crippen LogP contribution >= 0.6 is 0 Å². The quantitative estimate of drug-likeness (QED) is 0.0776. The van der Waals surface area contributed by atoms with Gasteiger partial charge in [0.1, 0.15) is 6.61 Å². The highest BCUT2D eigenvalue weighted by atomic mass is 16.8. The molecule has 0 saturated carbocycles. The number of imidazole rings is 1. The summed E-state index contributed by atoms with van der Waals surface area (Å²) < 4.78 is 23.8. The summed E-state index contributed by atoms with van der Waals surface area (Å²) in [6, 6.07) is 21.4. The monoisotopic (exact) mass is 774 g/mol. The lowest BCUT2D eigenvalue weighted by Gasteiger charge is -2.16. The molecule has 3 aromatic carbocycles. The van der Waals surface area contributed by atoms with Gasteiger partial charge < -0.3 is 18.9 Å². The van der Waals surface area contributed by atoms with Crippen LogP contribution in [0.4, 0.5) is 9.59 Å². The third-order valence-corrected chi connectivity index (χ3v) is 9.42. The standard InChI is InChI=1S/C43H46N6O8/c1-7-53-41-47-37-18-12-16-35(40(50)55-30(6)56-43(52)54-25-38-29(5)45-27(3)28(4)46-38)39(37)49(41)24-31-19-21-32(22-20-31)33-14-9-10-15-34(33)36-17-11-8-13-26(2)23-44-42(51)57-48-36/h9-10,12,14-16,18-23,30H,7-8,11,13,17,24-25H2,1-6H3,(H,44,51)/b26-23-,48-36+. The van der Waals surface area contributed by atoms with E-state index in [0.717, 1.165) is 58.5 Å². The van der Waals surface area contributed by atoms with Gasteiger partial charge in [-0.2, -0.15) is 4.98 Å². The van der Waals surface area contributed by atoms with Crippen LogP contribution in [0.1, 0.15) is 90.7 Å². The molecule has 5 aromatic rings. The molecule has 0 spiro atoms. The van der Waals surface area contributed by atoms with Crippen LogP contribution in [0.3, 0.4) is 0 Å². The predicted molar refractivity (Wildman–Crippen MR) is 213 cm³/mol. The van der Waals surface area contributed by atoms with Gasteiger partial charge in [-0.25, -0.2) is 14.4 Å². The van der Waals surface area contributed by atoms with Crippen molar-refractivity contribution < 1.29 is 38.2 Å². The molecule has 0 saturated heterocycles. The number of fused-ring (bicyclic) bond motifs is 1. The Labute approximate surface area is 330 Å². The van der Waals surface area contributed by atoms with E-state index in [1.54, 1.807) is 31.3 Å². The number of oxime groups is 1. The topological polar surface area (TPSA) is 165 Å². The zero-order valence-electron chi connectivity index (χ0n) is 33.0. The lowest BCUT2D eigenvalue weighted by atomic mass is 9.93. The summed E-state index contributed by atoms with van der Waals surface area (Å²) in [6.07, 6.45) is 2.09. The highest BCUT2D eigenvalue weighted by Crippen LogP contribution is 2.30. The minimum atomic E-state index is -1.26. The number of rotatable bonds is 11. The van der Waals surface area contributed by atoms with Crippen molar-refractivity contribution in [3.63, 3.8) is 0 Å². The fourth-order valence-corrected chi connectivity index (χ4v) is 6.41. The molecule has 1 amide bonds.